The predicted octanol–water partition coefficient (Wildman–Crippen LogP) is 2.16. The van der Waals surface area contributed by atoms with E-state index in [1.165, 1.54) is 18.9 Å². The van der Waals surface area contributed by atoms with E-state index in [-0.39, 0.29) is 5.91 Å². The van der Waals surface area contributed by atoms with Gasteiger partial charge in [-0.25, -0.2) is 0 Å². The van der Waals surface area contributed by atoms with Gasteiger partial charge in [0.2, 0.25) is 5.91 Å². The van der Waals surface area contributed by atoms with Crippen LogP contribution in [0.5, 0.6) is 5.75 Å². The Balaban J connectivity index is 2.62. The third-order valence-corrected chi connectivity index (χ3v) is 2.80. The van der Waals surface area contributed by atoms with E-state index in [9.17, 15) is 4.79 Å². The van der Waals surface area contributed by atoms with Crippen molar-refractivity contribution in [2.24, 2.45) is 0 Å². The van der Waals surface area contributed by atoms with Crippen molar-refractivity contribution in [3.63, 3.8) is 0 Å². The van der Waals surface area contributed by atoms with Crippen molar-refractivity contribution in [1.82, 2.24) is 5.32 Å². The average molecular weight is 282 g/mol. The second-order valence-electron chi connectivity index (χ2n) is 3.91. The van der Waals surface area contributed by atoms with Crippen LogP contribution in [0.2, 0.25) is 5.02 Å². The molecular weight excluding hydrogens is 266 g/mol. The number of hydrogen-bond acceptors (Lipinski definition) is 4. The molecule has 0 atom stereocenters. The van der Waals surface area contributed by atoms with E-state index >= 15 is 0 Å². The van der Waals surface area contributed by atoms with Crippen LogP contribution in [0.3, 0.4) is 0 Å². The molecule has 0 bridgehead atoms. The minimum atomic E-state index is -0.0731. The first-order valence-corrected chi connectivity index (χ1v) is 6.21. The molecule has 0 heterocycles. The van der Waals surface area contributed by atoms with E-state index in [1.807, 2.05) is 0 Å². The third kappa shape index (κ3) is 4.68. The molecule has 102 valence electrons. The molecule has 1 N–H and O–H groups in total. The predicted molar refractivity (Wildman–Crippen MR) is 74.3 cm³/mol. The zero-order valence-corrected chi connectivity index (χ0v) is 11.7. The Morgan fingerprint density at radius 1 is 1.58 bits per heavy atom. The first kappa shape index (κ1) is 15.1. The fraction of sp³-hybridized carbons (Fsp3) is 0.385. The minimum absolute atomic E-state index is 0.0731. The van der Waals surface area contributed by atoms with Crippen LogP contribution < -0.4 is 15.0 Å². The zero-order chi connectivity index (χ0) is 14.3. The largest absolute Gasteiger partial charge is 0.495 e. The van der Waals surface area contributed by atoms with Crippen molar-refractivity contribution in [3.8, 4) is 11.9 Å². The van der Waals surface area contributed by atoms with Gasteiger partial charge in [0.05, 0.1) is 17.8 Å². The van der Waals surface area contributed by atoms with Crippen molar-refractivity contribution in [2.75, 3.05) is 25.1 Å². The number of nitrogens with zero attached hydrogens (tertiary/aromatic N) is 2. The summed E-state index contributed by atoms with van der Waals surface area (Å²) in [6.07, 6.45) is 2.77. The van der Waals surface area contributed by atoms with E-state index < -0.39 is 0 Å². The lowest BCUT2D eigenvalue weighted by atomic mass is 10.2. The molecule has 0 saturated heterocycles. The number of carbonyl (C=O) groups is 1. The summed E-state index contributed by atoms with van der Waals surface area (Å²) in [6, 6.07) is 5.17. The number of nitrogens with one attached hydrogen (secondary N) is 1. The molecule has 1 aromatic carbocycles. The van der Waals surface area contributed by atoms with Gasteiger partial charge in [0.25, 0.3) is 0 Å². The van der Waals surface area contributed by atoms with Crippen LogP contribution in [-0.2, 0) is 4.79 Å². The topological polar surface area (TPSA) is 65.4 Å². The summed E-state index contributed by atoms with van der Waals surface area (Å²) in [4.78, 5) is 12.2. The van der Waals surface area contributed by atoms with Crippen molar-refractivity contribution in [2.45, 2.75) is 13.3 Å². The van der Waals surface area contributed by atoms with Gasteiger partial charge in [-0.2, -0.15) is 5.26 Å². The Bertz CT molecular complexity index is 485. The average Bonchev–Trinajstić information content (AvgIpc) is 2.38. The number of methoxy groups -OCH3 is 1. The van der Waals surface area contributed by atoms with Crippen molar-refractivity contribution in [3.05, 3.63) is 23.2 Å². The van der Waals surface area contributed by atoms with Crippen LogP contribution in [0.1, 0.15) is 13.3 Å². The second kappa shape index (κ2) is 7.49. The van der Waals surface area contributed by atoms with E-state index in [4.69, 9.17) is 21.6 Å². The lowest BCUT2D eigenvalue weighted by Crippen LogP contribution is -2.26. The van der Waals surface area contributed by atoms with E-state index in [0.29, 0.717) is 36.0 Å². The maximum absolute atomic E-state index is 10.7. The summed E-state index contributed by atoms with van der Waals surface area (Å²) >= 11 is 6.02. The molecule has 0 aliphatic rings. The van der Waals surface area contributed by atoms with Crippen LogP contribution in [0.4, 0.5) is 5.69 Å². The summed E-state index contributed by atoms with van der Waals surface area (Å²) in [6.45, 7) is 2.52. The van der Waals surface area contributed by atoms with Crippen molar-refractivity contribution < 1.29 is 9.53 Å². The standard InChI is InChI=1S/C13H16ClN3O2/c1-10(18)16-6-3-7-17(9-15)11-4-5-13(19-2)12(14)8-11/h4-5,8H,3,6-7H2,1-2H3,(H,16,18). The lowest BCUT2D eigenvalue weighted by molar-refractivity contribution is -0.118. The summed E-state index contributed by atoms with van der Waals surface area (Å²) < 4.78 is 5.06. The van der Waals surface area contributed by atoms with Gasteiger partial charge >= 0.3 is 0 Å². The number of hydrogen-bond donors (Lipinski definition) is 1. The van der Waals surface area contributed by atoms with Gasteiger partial charge < -0.3 is 10.1 Å². The number of rotatable bonds is 6. The summed E-state index contributed by atoms with van der Waals surface area (Å²) in [5.41, 5.74) is 0.705. The van der Waals surface area contributed by atoms with Crippen LogP contribution in [0.25, 0.3) is 0 Å². The van der Waals surface area contributed by atoms with Crippen LogP contribution in [-0.4, -0.2) is 26.1 Å². The van der Waals surface area contributed by atoms with E-state index in [1.54, 1.807) is 18.2 Å². The molecule has 1 aromatic rings. The summed E-state index contributed by atoms with van der Waals surface area (Å²) in [5, 5.41) is 12.3. The van der Waals surface area contributed by atoms with Crippen molar-refractivity contribution >= 4 is 23.2 Å². The van der Waals surface area contributed by atoms with Gasteiger partial charge in [0.1, 0.15) is 5.75 Å². The molecule has 0 saturated carbocycles. The highest BCUT2D eigenvalue weighted by Gasteiger charge is 2.08. The molecule has 6 heteroatoms. The fourth-order valence-electron chi connectivity index (χ4n) is 1.56. The molecule has 1 rings (SSSR count). The first-order valence-electron chi connectivity index (χ1n) is 5.83. The highest BCUT2D eigenvalue weighted by atomic mass is 35.5. The van der Waals surface area contributed by atoms with Gasteiger partial charge in [-0.3, -0.25) is 9.69 Å². The molecule has 0 unspecified atom stereocenters. The van der Waals surface area contributed by atoms with Crippen LogP contribution >= 0.6 is 11.6 Å². The third-order valence-electron chi connectivity index (χ3n) is 2.50. The summed E-state index contributed by atoms with van der Waals surface area (Å²) in [7, 11) is 1.54. The molecule has 5 nitrogen and oxygen atoms in total. The molecule has 0 aromatic heterocycles. The Kier molecular flexibility index (Phi) is 5.97. The number of carbonyl (C=O) groups excluding carboxylic acids is 1. The highest BCUT2D eigenvalue weighted by molar-refractivity contribution is 6.32. The SMILES string of the molecule is COc1ccc(N(C#N)CCCNC(C)=O)cc1Cl. The Morgan fingerprint density at radius 3 is 2.84 bits per heavy atom. The number of amides is 1. The Hall–Kier alpha value is -1.93. The van der Waals surface area contributed by atoms with Crippen LogP contribution in [0.15, 0.2) is 18.2 Å². The number of ether oxygens (including phenoxy) is 1. The second-order valence-corrected chi connectivity index (χ2v) is 4.31. The lowest BCUT2D eigenvalue weighted by Gasteiger charge is -2.16. The first-order chi connectivity index (χ1) is 9.08. The molecule has 0 fully saturated rings. The summed E-state index contributed by atoms with van der Waals surface area (Å²) in [5.74, 6) is 0.498. The smallest absolute Gasteiger partial charge is 0.216 e. The molecule has 0 spiro atoms. The quantitative estimate of drug-likeness (QED) is 0.493. The van der Waals surface area contributed by atoms with Crippen molar-refractivity contribution in [1.29, 1.82) is 5.26 Å². The number of halogens is 1. The van der Waals surface area contributed by atoms with Gasteiger partial charge in [-0.05, 0) is 24.6 Å². The van der Waals surface area contributed by atoms with Gasteiger partial charge in [-0.1, -0.05) is 11.6 Å². The van der Waals surface area contributed by atoms with Crippen LogP contribution in [0, 0.1) is 11.5 Å². The zero-order valence-electron chi connectivity index (χ0n) is 10.9. The maximum Gasteiger partial charge on any atom is 0.216 e. The Labute approximate surface area is 117 Å². The molecule has 0 aliphatic heterocycles. The molecule has 1 amide bonds. The minimum Gasteiger partial charge on any atom is -0.495 e. The molecule has 0 aliphatic carbocycles. The number of benzene rings is 1. The highest BCUT2D eigenvalue weighted by Crippen LogP contribution is 2.28. The number of anilines is 1. The fourth-order valence-corrected chi connectivity index (χ4v) is 1.81. The number of nitriles is 1. The van der Waals surface area contributed by atoms with E-state index in [0.717, 1.165) is 0 Å². The van der Waals surface area contributed by atoms with Gasteiger partial charge in [0, 0.05) is 20.0 Å². The van der Waals surface area contributed by atoms with E-state index in [2.05, 4.69) is 11.5 Å². The van der Waals surface area contributed by atoms with Gasteiger partial charge in [-0.15, -0.1) is 0 Å². The van der Waals surface area contributed by atoms with Gasteiger partial charge in [0.15, 0.2) is 6.19 Å². The monoisotopic (exact) mass is 281 g/mol. The normalized spacial score (nSPS) is 9.58. The molecule has 0 radical (unpaired) electrons. The maximum atomic E-state index is 10.7. The Morgan fingerprint density at radius 2 is 2.32 bits per heavy atom. The molecule has 19 heavy (non-hydrogen) atoms. The molecular formula is C13H16ClN3O2.